The van der Waals surface area contributed by atoms with E-state index in [9.17, 15) is 19.2 Å². The first kappa shape index (κ1) is 57.2. The van der Waals surface area contributed by atoms with Gasteiger partial charge in [-0.05, 0) is 142 Å². The van der Waals surface area contributed by atoms with Gasteiger partial charge < -0.3 is 48.5 Å². The number of aromatic nitrogens is 3. The van der Waals surface area contributed by atoms with Gasteiger partial charge in [-0.25, -0.2) is 4.98 Å². The molecule has 18 heteroatoms. The average molecular weight is 1060 g/mol. The highest BCUT2D eigenvalue weighted by molar-refractivity contribution is 5.93. The Morgan fingerprint density at radius 1 is 0.688 bits per heavy atom. The number of benzene rings is 4. The number of aromatic amines is 1. The second-order valence-electron chi connectivity index (χ2n) is 19.3. The van der Waals surface area contributed by atoms with E-state index in [0.29, 0.717) is 100 Å². The largest absolute Gasteiger partial charge is 0.497 e. The Bertz CT molecular complexity index is 2840. The summed E-state index contributed by atoms with van der Waals surface area (Å²) in [6, 6.07) is 31.6. The average Bonchev–Trinajstić information content (AvgIpc) is 4.25. The third-order valence-electron chi connectivity index (χ3n) is 14.5. The molecular weight excluding hydrogens is 983 g/mol. The highest BCUT2D eigenvalue weighted by atomic mass is 16.7. The number of pyridine rings is 1. The van der Waals surface area contributed by atoms with Gasteiger partial charge in [0.05, 0.1) is 58.0 Å². The third kappa shape index (κ3) is 13.4. The van der Waals surface area contributed by atoms with Crippen molar-refractivity contribution in [2.75, 3.05) is 87.8 Å². The summed E-state index contributed by atoms with van der Waals surface area (Å²) < 4.78 is 33.2. The number of hydrogen-bond acceptors (Lipinski definition) is 14. The van der Waals surface area contributed by atoms with Crippen LogP contribution in [0.1, 0.15) is 97.7 Å². The minimum Gasteiger partial charge on any atom is -0.497 e. The Morgan fingerprint density at radius 2 is 1.34 bits per heavy atom. The molecule has 3 heterocycles. The summed E-state index contributed by atoms with van der Waals surface area (Å²) in [5.41, 5.74) is 3.63. The van der Waals surface area contributed by atoms with Crippen molar-refractivity contribution in [2.45, 2.75) is 81.9 Å². The molecule has 0 fully saturated rings. The van der Waals surface area contributed by atoms with Crippen molar-refractivity contribution in [1.29, 1.82) is 0 Å². The van der Waals surface area contributed by atoms with E-state index in [4.69, 9.17) is 33.3 Å². The lowest BCUT2D eigenvalue weighted by Gasteiger charge is -2.50. The van der Waals surface area contributed by atoms with Gasteiger partial charge in [0.1, 0.15) is 36.1 Å². The Morgan fingerprint density at radius 3 is 1.97 bits per heavy atom. The van der Waals surface area contributed by atoms with Crippen LogP contribution in [-0.4, -0.2) is 131 Å². The van der Waals surface area contributed by atoms with Crippen molar-refractivity contribution >= 4 is 46.2 Å². The molecule has 2 N–H and O–H groups in total. The van der Waals surface area contributed by atoms with Crippen molar-refractivity contribution in [3.8, 4) is 17.2 Å². The summed E-state index contributed by atoms with van der Waals surface area (Å²) in [6.45, 7) is 1.32. The number of H-pyrrole nitrogens is 1. The lowest BCUT2D eigenvalue weighted by molar-refractivity contribution is -0.279. The van der Waals surface area contributed by atoms with Crippen LogP contribution in [0.2, 0.25) is 0 Å². The highest BCUT2D eigenvalue weighted by Crippen LogP contribution is 2.59. The van der Waals surface area contributed by atoms with Gasteiger partial charge in [-0.15, -0.1) is 4.65 Å². The molecule has 410 valence electrons. The first-order valence-electron chi connectivity index (χ1n) is 26.2. The van der Waals surface area contributed by atoms with Gasteiger partial charge in [0.2, 0.25) is 5.91 Å². The van der Waals surface area contributed by atoms with Crippen LogP contribution in [0, 0.1) is 0 Å². The van der Waals surface area contributed by atoms with Crippen molar-refractivity contribution in [3.05, 3.63) is 138 Å². The molecule has 0 radical (unpaired) electrons. The number of rotatable bonds is 30. The minimum absolute atomic E-state index is 0.0630. The molecule has 2 unspecified atom stereocenters. The number of anilines is 1. The Balaban J connectivity index is 1.49. The van der Waals surface area contributed by atoms with Gasteiger partial charge in [0.25, 0.3) is 11.6 Å². The number of quaternary nitrogens is 1. The van der Waals surface area contributed by atoms with Crippen LogP contribution in [0.3, 0.4) is 0 Å². The van der Waals surface area contributed by atoms with Crippen molar-refractivity contribution in [1.82, 2.24) is 29.4 Å². The number of carbonyl (C=O) groups is 4. The fourth-order valence-electron chi connectivity index (χ4n) is 10.3. The summed E-state index contributed by atoms with van der Waals surface area (Å²) >= 11 is 0. The molecule has 6 aromatic rings. The first-order chi connectivity index (χ1) is 37.3. The minimum atomic E-state index is -1.29. The van der Waals surface area contributed by atoms with Crippen molar-refractivity contribution < 1.29 is 52.4 Å². The molecule has 0 saturated carbocycles. The van der Waals surface area contributed by atoms with Crippen LogP contribution in [0.4, 0.5) is 11.4 Å². The fourth-order valence-corrected chi connectivity index (χ4v) is 10.3. The predicted molar refractivity (Wildman–Crippen MR) is 293 cm³/mol. The number of carbonyl (C=O) groups excluding carboxylic acids is 4. The number of likely N-dealkylation sites (N-methyl/N-ethyl adjacent to an activating group) is 1. The quantitative estimate of drug-likeness (QED) is 0.0246. The van der Waals surface area contributed by atoms with E-state index in [1.54, 1.807) is 69.0 Å². The van der Waals surface area contributed by atoms with Crippen LogP contribution < -0.4 is 24.2 Å². The van der Waals surface area contributed by atoms with E-state index in [2.05, 4.69) is 32.4 Å². The smallest absolute Gasteiger partial charge is 0.305 e. The molecule has 1 aliphatic rings. The predicted octanol–water partition coefficient (Wildman–Crippen LogP) is 9.33. The topological polar surface area (TPSA) is 193 Å². The summed E-state index contributed by atoms with van der Waals surface area (Å²) in [5.74, 6) is 1.03. The van der Waals surface area contributed by atoms with E-state index < -0.39 is 11.3 Å². The summed E-state index contributed by atoms with van der Waals surface area (Å²) in [7, 11) is 11.1. The number of amides is 2. The lowest BCUT2D eigenvalue weighted by atomic mass is 9.83. The van der Waals surface area contributed by atoms with E-state index in [0.717, 1.165) is 45.5 Å². The summed E-state index contributed by atoms with van der Waals surface area (Å²) in [4.78, 5) is 76.1. The van der Waals surface area contributed by atoms with Gasteiger partial charge in [0, 0.05) is 83.1 Å². The molecule has 0 aliphatic carbocycles. The van der Waals surface area contributed by atoms with Crippen molar-refractivity contribution in [2.24, 2.45) is 0 Å². The molecule has 2 aromatic heterocycles. The highest BCUT2D eigenvalue weighted by Gasteiger charge is 2.66. The zero-order chi connectivity index (χ0) is 54.8. The summed E-state index contributed by atoms with van der Waals surface area (Å²) in [6.07, 6.45) is 10.4. The standard InChI is InChI=1S/C59H74N7O11/c1-64(54(67)41-71-3)34-14-32-58(31-11-10-18-56(69)75-7,46-23-29-50-52(38-46)62-42-61-50)77-66(36-15-35-65(2)57(70)43-16-13-33-60-40-43)53-39-49(76-37-12-8-9-17-55(68)74-6)28-30-51(53)63-59(66,44-19-24-47(72-4)25-20-44)45-21-26-48(73-5)27-22-45/h13,16,19-30,33,38-40,42,63H,8-12,14-15,17-18,31-32,34-37,41H2,1-7H3,(H,61,62)/q+1. The van der Waals surface area contributed by atoms with Crippen LogP contribution in [-0.2, 0) is 44.7 Å². The normalized spacial score (nSPS) is 15.2. The maximum absolute atomic E-state index is 14.1. The zero-order valence-corrected chi connectivity index (χ0v) is 45.5. The van der Waals surface area contributed by atoms with E-state index in [-0.39, 0.29) is 48.0 Å². The molecule has 0 saturated heterocycles. The number of hydroxylamine groups is 2. The number of ether oxygens (including phenoxy) is 6. The molecule has 77 heavy (non-hydrogen) atoms. The zero-order valence-electron chi connectivity index (χ0n) is 45.5. The number of hydrogen-bond donors (Lipinski definition) is 2. The van der Waals surface area contributed by atoms with Gasteiger partial charge >= 0.3 is 11.9 Å². The Labute approximate surface area is 451 Å². The van der Waals surface area contributed by atoms with Crippen LogP contribution in [0.5, 0.6) is 17.2 Å². The first-order valence-corrected chi connectivity index (χ1v) is 26.2. The third-order valence-corrected chi connectivity index (χ3v) is 14.5. The second kappa shape index (κ2) is 27.0. The molecule has 18 nitrogen and oxygen atoms in total. The number of methoxy groups -OCH3 is 5. The lowest BCUT2D eigenvalue weighted by Crippen LogP contribution is -2.67. The SMILES string of the molecule is COCC(=O)N(C)CCCC(CCCCC(=O)OC)(O[N+]1(CCCN(C)C(=O)c2cccnc2)c2cc(OCCCCCC(=O)OC)ccc2NC1(c1ccc(OC)cc1)c1ccc(OC)cc1)c1ccc2nc[nH]c2c1. The fraction of sp³-hybridized carbons (Fsp3) is 0.424. The van der Waals surface area contributed by atoms with Gasteiger partial charge in [-0.3, -0.25) is 24.2 Å². The number of fused-ring (bicyclic) bond motifs is 2. The molecular formula is C59H74N7O11+. The molecule has 0 bridgehead atoms. The number of esters is 2. The molecule has 0 spiro atoms. The number of nitrogens with zero attached hydrogens (tertiary/aromatic N) is 5. The van der Waals surface area contributed by atoms with Crippen LogP contribution in [0.15, 0.2) is 116 Å². The molecule has 1 aliphatic heterocycles. The van der Waals surface area contributed by atoms with Gasteiger partial charge in [0.15, 0.2) is 11.3 Å². The van der Waals surface area contributed by atoms with Crippen molar-refractivity contribution in [3.63, 3.8) is 0 Å². The summed E-state index contributed by atoms with van der Waals surface area (Å²) in [5, 5.41) is 4.09. The van der Waals surface area contributed by atoms with Crippen LogP contribution in [0.25, 0.3) is 11.0 Å². The Kier molecular flexibility index (Phi) is 20.0. The van der Waals surface area contributed by atoms with Gasteiger partial charge in [-0.2, -0.15) is 4.84 Å². The molecule has 2 amide bonds. The second-order valence-corrected chi connectivity index (χ2v) is 19.3. The van der Waals surface area contributed by atoms with E-state index in [1.165, 1.54) is 21.3 Å². The van der Waals surface area contributed by atoms with E-state index in [1.807, 2.05) is 72.8 Å². The maximum atomic E-state index is 14.1. The van der Waals surface area contributed by atoms with Gasteiger partial charge in [-0.1, -0.05) is 6.07 Å². The monoisotopic (exact) mass is 1060 g/mol. The molecule has 7 rings (SSSR count). The van der Waals surface area contributed by atoms with E-state index >= 15 is 0 Å². The molecule has 4 aromatic carbocycles. The maximum Gasteiger partial charge on any atom is 0.305 e. The Hall–Kier alpha value is -7.54. The van der Waals surface area contributed by atoms with Crippen LogP contribution >= 0.6 is 0 Å². The molecule has 2 atom stereocenters. The number of unbranched alkanes of at least 4 members (excludes halogenated alkanes) is 3. The number of imidazole rings is 1. The number of nitrogens with one attached hydrogen (secondary N) is 2.